The molecule has 1 amide bonds. The minimum absolute atomic E-state index is 0.00156. The average molecular weight is 329 g/mol. The van der Waals surface area contributed by atoms with E-state index in [0.29, 0.717) is 15.6 Å². The monoisotopic (exact) mass is 329 g/mol. The maximum atomic E-state index is 12.4. The Bertz CT molecular complexity index is 690. The van der Waals surface area contributed by atoms with Crippen molar-refractivity contribution in [3.05, 3.63) is 29.1 Å². The number of thioether (sulfide) groups is 1. The van der Waals surface area contributed by atoms with Crippen LogP contribution >= 0.6 is 24.0 Å². The molecule has 8 heteroatoms. The largest absolute Gasteiger partial charge is 0.472 e. The molecule has 3 rings (SSSR count). The van der Waals surface area contributed by atoms with Gasteiger partial charge in [0, 0.05) is 5.56 Å². The topological polar surface area (TPSA) is 67.6 Å². The first kappa shape index (κ1) is 13.8. The van der Waals surface area contributed by atoms with Gasteiger partial charge in [-0.3, -0.25) is 9.69 Å². The van der Waals surface area contributed by atoms with Gasteiger partial charge in [-0.05, 0) is 18.6 Å². The molecule has 2 fully saturated rings. The first-order valence-electron chi connectivity index (χ1n) is 5.96. The van der Waals surface area contributed by atoms with Crippen LogP contribution in [0.1, 0.15) is 12.0 Å². The van der Waals surface area contributed by atoms with Gasteiger partial charge in [0.2, 0.25) is 0 Å². The number of amides is 1. The SMILES string of the molecule is O=C1/C(=C\c2ccoc2)SC(=S)N1[C@H]1CCS(=O)(=O)C1. The van der Waals surface area contributed by atoms with E-state index in [1.807, 2.05) is 0 Å². The van der Waals surface area contributed by atoms with Crippen LogP contribution in [0.4, 0.5) is 0 Å². The molecule has 1 atom stereocenters. The van der Waals surface area contributed by atoms with Gasteiger partial charge in [-0.1, -0.05) is 24.0 Å². The van der Waals surface area contributed by atoms with Gasteiger partial charge >= 0.3 is 0 Å². The number of nitrogens with zero attached hydrogens (tertiary/aromatic N) is 1. The van der Waals surface area contributed by atoms with E-state index in [1.54, 1.807) is 12.1 Å². The zero-order chi connectivity index (χ0) is 14.3. The molecular formula is C12H11NO4S3. The number of rotatable bonds is 2. The van der Waals surface area contributed by atoms with Crippen molar-refractivity contribution in [2.75, 3.05) is 11.5 Å². The number of thiocarbonyl (C=S) groups is 1. The summed E-state index contributed by atoms with van der Waals surface area (Å²) >= 11 is 6.41. The lowest BCUT2D eigenvalue weighted by molar-refractivity contribution is -0.123. The zero-order valence-electron chi connectivity index (χ0n) is 10.3. The third-order valence-corrected chi connectivity index (χ3v) is 6.32. The second kappa shape index (κ2) is 5.01. The van der Waals surface area contributed by atoms with Crippen molar-refractivity contribution < 1.29 is 17.6 Å². The third-order valence-electron chi connectivity index (χ3n) is 3.24. The van der Waals surface area contributed by atoms with Crippen molar-refractivity contribution in [3.8, 4) is 0 Å². The Kier molecular flexibility index (Phi) is 3.47. The van der Waals surface area contributed by atoms with Gasteiger partial charge in [-0.15, -0.1) is 0 Å². The standard InChI is InChI=1S/C12H11NO4S3/c14-11-10(5-8-1-3-17-6-8)19-12(18)13(11)9-2-4-20(15,16)7-9/h1,3,5-6,9H,2,4,7H2/b10-5+/t9-/m0/s1. The summed E-state index contributed by atoms with van der Waals surface area (Å²) in [5, 5.41) is 0. The van der Waals surface area contributed by atoms with Crippen LogP contribution in [0, 0.1) is 0 Å². The fourth-order valence-electron chi connectivity index (χ4n) is 2.28. The molecule has 20 heavy (non-hydrogen) atoms. The van der Waals surface area contributed by atoms with Gasteiger partial charge in [-0.25, -0.2) is 8.42 Å². The minimum atomic E-state index is -3.04. The van der Waals surface area contributed by atoms with Gasteiger partial charge in [0.05, 0.1) is 35.0 Å². The van der Waals surface area contributed by atoms with E-state index in [2.05, 4.69) is 0 Å². The predicted octanol–water partition coefficient (Wildman–Crippen LogP) is 1.67. The average Bonchev–Trinajstić information content (AvgIpc) is 3.03. The van der Waals surface area contributed by atoms with Crippen LogP contribution < -0.4 is 0 Å². The van der Waals surface area contributed by atoms with Crippen LogP contribution in [0.3, 0.4) is 0 Å². The molecule has 1 aromatic rings. The van der Waals surface area contributed by atoms with Crippen LogP contribution in [0.25, 0.3) is 6.08 Å². The lowest BCUT2D eigenvalue weighted by Gasteiger charge is -2.20. The van der Waals surface area contributed by atoms with Crippen molar-refractivity contribution in [2.45, 2.75) is 12.5 Å². The lowest BCUT2D eigenvalue weighted by Crippen LogP contribution is -2.39. The second-order valence-corrected chi connectivity index (χ2v) is 8.57. The van der Waals surface area contributed by atoms with Gasteiger partial charge in [0.1, 0.15) is 4.32 Å². The summed E-state index contributed by atoms with van der Waals surface area (Å²) < 4.78 is 28.4. The second-order valence-electron chi connectivity index (χ2n) is 4.67. The summed E-state index contributed by atoms with van der Waals surface area (Å²) in [6.07, 6.45) is 5.21. The Morgan fingerprint density at radius 3 is 2.90 bits per heavy atom. The Balaban J connectivity index is 1.85. The van der Waals surface area contributed by atoms with Crippen LogP contribution in [0.5, 0.6) is 0 Å². The van der Waals surface area contributed by atoms with Crippen molar-refractivity contribution in [3.63, 3.8) is 0 Å². The Morgan fingerprint density at radius 1 is 1.50 bits per heavy atom. The van der Waals surface area contributed by atoms with E-state index in [4.69, 9.17) is 16.6 Å². The normalized spacial score (nSPS) is 27.7. The smallest absolute Gasteiger partial charge is 0.266 e. The number of carbonyl (C=O) groups is 1. The molecule has 2 aliphatic heterocycles. The van der Waals surface area contributed by atoms with Crippen molar-refractivity contribution >= 4 is 50.1 Å². The Labute approximate surface area is 125 Å². The molecule has 0 bridgehead atoms. The van der Waals surface area contributed by atoms with Crippen molar-refractivity contribution in [1.82, 2.24) is 4.90 Å². The summed E-state index contributed by atoms with van der Waals surface area (Å²) in [6, 6.07) is 1.41. The predicted molar refractivity (Wildman–Crippen MR) is 80.8 cm³/mol. The summed E-state index contributed by atoms with van der Waals surface area (Å²) in [6.45, 7) is 0. The number of furan rings is 1. The molecular weight excluding hydrogens is 318 g/mol. The molecule has 3 heterocycles. The van der Waals surface area contributed by atoms with E-state index >= 15 is 0 Å². The molecule has 0 saturated carbocycles. The van der Waals surface area contributed by atoms with E-state index in [9.17, 15) is 13.2 Å². The fourth-order valence-corrected chi connectivity index (χ4v) is 5.38. The lowest BCUT2D eigenvalue weighted by atomic mass is 10.2. The highest BCUT2D eigenvalue weighted by atomic mass is 32.2. The fraction of sp³-hybridized carbons (Fsp3) is 0.333. The summed E-state index contributed by atoms with van der Waals surface area (Å²) in [5.41, 5.74) is 0.782. The molecule has 106 valence electrons. The Hall–Kier alpha value is -1.12. The molecule has 0 N–H and O–H groups in total. The highest BCUT2D eigenvalue weighted by Gasteiger charge is 2.42. The molecule has 0 spiro atoms. The molecule has 0 radical (unpaired) electrons. The highest BCUT2D eigenvalue weighted by molar-refractivity contribution is 8.26. The maximum absolute atomic E-state index is 12.4. The summed E-state index contributed by atoms with van der Waals surface area (Å²) in [5.74, 6) is -0.100. The highest BCUT2D eigenvalue weighted by Crippen LogP contribution is 2.36. The number of hydrogen-bond acceptors (Lipinski definition) is 6. The van der Waals surface area contributed by atoms with E-state index in [-0.39, 0.29) is 23.5 Å². The zero-order valence-corrected chi connectivity index (χ0v) is 12.8. The third kappa shape index (κ3) is 2.55. The van der Waals surface area contributed by atoms with Crippen molar-refractivity contribution in [1.29, 1.82) is 0 Å². The Morgan fingerprint density at radius 2 is 2.30 bits per heavy atom. The van der Waals surface area contributed by atoms with E-state index < -0.39 is 9.84 Å². The molecule has 1 aromatic heterocycles. The first-order valence-corrected chi connectivity index (χ1v) is 9.00. The quantitative estimate of drug-likeness (QED) is 0.607. The molecule has 2 aliphatic rings. The first-order chi connectivity index (χ1) is 9.46. The summed E-state index contributed by atoms with van der Waals surface area (Å²) in [7, 11) is -3.04. The molecule has 0 unspecified atom stereocenters. The molecule has 0 aliphatic carbocycles. The van der Waals surface area contributed by atoms with Gasteiger partial charge in [-0.2, -0.15) is 0 Å². The number of hydrogen-bond donors (Lipinski definition) is 0. The van der Waals surface area contributed by atoms with E-state index in [1.165, 1.54) is 29.2 Å². The molecule has 5 nitrogen and oxygen atoms in total. The van der Waals surface area contributed by atoms with Crippen LogP contribution in [0.2, 0.25) is 0 Å². The van der Waals surface area contributed by atoms with Gasteiger partial charge in [0.15, 0.2) is 9.84 Å². The number of sulfone groups is 1. The minimum Gasteiger partial charge on any atom is -0.472 e. The number of carbonyl (C=O) groups excluding carboxylic acids is 1. The summed E-state index contributed by atoms with van der Waals surface area (Å²) in [4.78, 5) is 14.3. The van der Waals surface area contributed by atoms with Crippen LogP contribution in [-0.2, 0) is 14.6 Å². The maximum Gasteiger partial charge on any atom is 0.266 e. The van der Waals surface area contributed by atoms with Gasteiger partial charge < -0.3 is 4.42 Å². The molecule has 0 aromatic carbocycles. The van der Waals surface area contributed by atoms with Crippen LogP contribution in [-0.4, -0.2) is 41.1 Å². The van der Waals surface area contributed by atoms with Crippen LogP contribution in [0.15, 0.2) is 27.9 Å². The van der Waals surface area contributed by atoms with Crippen molar-refractivity contribution in [2.24, 2.45) is 0 Å². The van der Waals surface area contributed by atoms with Gasteiger partial charge in [0.25, 0.3) is 5.91 Å². The van der Waals surface area contributed by atoms with E-state index in [0.717, 1.165) is 5.56 Å². The molecule has 2 saturated heterocycles.